The zero-order valence-corrected chi connectivity index (χ0v) is 17.9. The highest BCUT2D eigenvalue weighted by Gasteiger charge is 2.16. The molecule has 1 atom stereocenters. The van der Waals surface area contributed by atoms with Crippen LogP contribution in [-0.4, -0.2) is 53.4 Å². The number of aliphatic imine (C=N–C) groups is 1. The van der Waals surface area contributed by atoms with Crippen LogP contribution >= 0.6 is 0 Å². The van der Waals surface area contributed by atoms with Crippen LogP contribution in [0.25, 0.3) is 0 Å². The van der Waals surface area contributed by atoms with E-state index >= 15 is 0 Å². The average Bonchev–Trinajstić information content (AvgIpc) is 2.93. The summed E-state index contributed by atoms with van der Waals surface area (Å²) in [5.41, 5.74) is 6.64. The van der Waals surface area contributed by atoms with E-state index in [2.05, 4.69) is 70.7 Å². The Morgan fingerprint density at radius 1 is 1.25 bits per heavy atom. The first-order chi connectivity index (χ1) is 13.5. The Bertz CT molecular complexity index is 822. The fourth-order valence-electron chi connectivity index (χ4n) is 3.98. The second-order valence-corrected chi connectivity index (χ2v) is 7.82. The van der Waals surface area contributed by atoms with Crippen molar-refractivity contribution in [2.75, 3.05) is 26.7 Å². The lowest BCUT2D eigenvalue weighted by Crippen LogP contribution is -2.46. The Morgan fingerprint density at radius 2 is 2.00 bits per heavy atom. The number of aromatic nitrogens is 2. The molecule has 0 aliphatic carbocycles. The fraction of sp³-hybridized carbons (Fsp3) is 0.545. The Hall–Kier alpha value is -2.34. The van der Waals surface area contributed by atoms with Crippen molar-refractivity contribution >= 4 is 5.96 Å². The van der Waals surface area contributed by atoms with Gasteiger partial charge in [-0.25, -0.2) is 0 Å². The molecule has 3 rings (SSSR count). The first-order valence-corrected chi connectivity index (χ1v) is 10.2. The lowest BCUT2D eigenvalue weighted by atomic mass is 10.00. The Labute approximate surface area is 169 Å². The maximum atomic E-state index is 4.52. The van der Waals surface area contributed by atoms with Gasteiger partial charge in [-0.05, 0) is 50.3 Å². The molecule has 1 aromatic carbocycles. The van der Waals surface area contributed by atoms with Crippen LogP contribution in [0.1, 0.15) is 35.0 Å². The Balaban J connectivity index is 1.45. The molecule has 0 radical (unpaired) electrons. The molecule has 0 saturated heterocycles. The van der Waals surface area contributed by atoms with Gasteiger partial charge in [0.2, 0.25) is 0 Å². The maximum absolute atomic E-state index is 4.52. The molecule has 6 heteroatoms. The summed E-state index contributed by atoms with van der Waals surface area (Å²) in [6.07, 6.45) is 2.08. The number of hydrogen-bond acceptors (Lipinski definition) is 3. The summed E-state index contributed by atoms with van der Waals surface area (Å²) in [4.78, 5) is 6.90. The minimum atomic E-state index is 0.287. The molecular formula is C22H34N6. The molecule has 1 aliphatic heterocycles. The van der Waals surface area contributed by atoms with Crippen LogP contribution in [0.5, 0.6) is 0 Å². The van der Waals surface area contributed by atoms with Crippen molar-refractivity contribution in [2.45, 2.75) is 46.2 Å². The molecule has 2 heterocycles. The zero-order chi connectivity index (χ0) is 20.1. The molecule has 0 amide bonds. The van der Waals surface area contributed by atoms with E-state index in [1.165, 1.54) is 22.4 Å². The Kier molecular flexibility index (Phi) is 6.73. The van der Waals surface area contributed by atoms with Gasteiger partial charge < -0.3 is 10.6 Å². The van der Waals surface area contributed by atoms with Crippen LogP contribution in [0.3, 0.4) is 0 Å². The summed E-state index contributed by atoms with van der Waals surface area (Å²) < 4.78 is 1.96. The average molecular weight is 383 g/mol. The summed E-state index contributed by atoms with van der Waals surface area (Å²) in [5.74, 6) is 0.865. The largest absolute Gasteiger partial charge is 0.355 e. The fourth-order valence-corrected chi connectivity index (χ4v) is 3.98. The monoisotopic (exact) mass is 382 g/mol. The topological polar surface area (TPSA) is 57.5 Å². The van der Waals surface area contributed by atoms with Crippen molar-refractivity contribution in [3.05, 3.63) is 52.3 Å². The number of nitrogens with zero attached hydrogens (tertiary/aromatic N) is 4. The van der Waals surface area contributed by atoms with Gasteiger partial charge in [-0.1, -0.05) is 24.3 Å². The van der Waals surface area contributed by atoms with E-state index < -0.39 is 0 Å². The van der Waals surface area contributed by atoms with E-state index in [0.29, 0.717) is 0 Å². The molecule has 0 fully saturated rings. The van der Waals surface area contributed by atoms with Gasteiger partial charge in [-0.3, -0.25) is 14.6 Å². The van der Waals surface area contributed by atoms with Crippen LogP contribution < -0.4 is 10.6 Å². The summed E-state index contributed by atoms with van der Waals surface area (Å²) in [5, 5.41) is 11.5. The molecule has 2 aromatic rings. The van der Waals surface area contributed by atoms with Gasteiger partial charge in [0.05, 0.1) is 5.69 Å². The van der Waals surface area contributed by atoms with Crippen molar-refractivity contribution in [1.82, 2.24) is 25.3 Å². The highest BCUT2D eigenvalue weighted by atomic mass is 15.3. The standard InChI is InChI=1S/C22H34N6/c1-16(14-21-17(2)26-27(5)18(21)3)25-22(23-4)24-11-13-28-12-10-19-8-6-7-9-20(19)15-28/h6-9,16H,10-15H2,1-5H3,(H2,23,24,25). The predicted molar refractivity (Wildman–Crippen MR) is 116 cm³/mol. The van der Waals surface area contributed by atoms with Crippen LogP contribution in [0.2, 0.25) is 0 Å². The van der Waals surface area contributed by atoms with Crippen molar-refractivity contribution in [2.24, 2.45) is 12.0 Å². The van der Waals surface area contributed by atoms with Gasteiger partial charge >= 0.3 is 0 Å². The van der Waals surface area contributed by atoms with E-state index in [0.717, 1.165) is 50.7 Å². The number of guanidine groups is 1. The molecule has 0 spiro atoms. The lowest BCUT2D eigenvalue weighted by molar-refractivity contribution is 0.258. The summed E-state index contributed by atoms with van der Waals surface area (Å²) in [6.45, 7) is 10.5. The molecule has 28 heavy (non-hydrogen) atoms. The molecule has 1 aromatic heterocycles. The highest BCUT2D eigenvalue weighted by Crippen LogP contribution is 2.17. The third-order valence-corrected chi connectivity index (χ3v) is 5.71. The number of rotatable bonds is 6. The number of hydrogen-bond donors (Lipinski definition) is 2. The van der Waals surface area contributed by atoms with Gasteiger partial charge in [0.15, 0.2) is 5.96 Å². The second kappa shape index (κ2) is 9.24. The van der Waals surface area contributed by atoms with Crippen molar-refractivity contribution in [1.29, 1.82) is 0 Å². The van der Waals surface area contributed by atoms with Gasteiger partial charge in [0.25, 0.3) is 0 Å². The summed E-state index contributed by atoms with van der Waals surface area (Å²) >= 11 is 0. The molecule has 152 valence electrons. The van der Waals surface area contributed by atoms with Crippen molar-refractivity contribution < 1.29 is 0 Å². The number of benzene rings is 1. The molecular weight excluding hydrogens is 348 g/mol. The van der Waals surface area contributed by atoms with Crippen LogP contribution in [0.4, 0.5) is 0 Å². The predicted octanol–water partition coefficient (Wildman–Crippen LogP) is 2.19. The molecule has 0 bridgehead atoms. The zero-order valence-electron chi connectivity index (χ0n) is 17.9. The minimum Gasteiger partial charge on any atom is -0.355 e. The van der Waals surface area contributed by atoms with Gasteiger partial charge in [-0.15, -0.1) is 0 Å². The van der Waals surface area contributed by atoms with E-state index in [4.69, 9.17) is 0 Å². The first-order valence-electron chi connectivity index (χ1n) is 10.2. The van der Waals surface area contributed by atoms with Gasteiger partial charge in [0.1, 0.15) is 0 Å². The number of nitrogens with one attached hydrogen (secondary N) is 2. The van der Waals surface area contributed by atoms with Crippen molar-refractivity contribution in [3.8, 4) is 0 Å². The molecule has 2 N–H and O–H groups in total. The first kappa shape index (κ1) is 20.4. The normalized spacial score (nSPS) is 16.0. The van der Waals surface area contributed by atoms with E-state index in [1.807, 2.05) is 18.8 Å². The van der Waals surface area contributed by atoms with Crippen molar-refractivity contribution in [3.63, 3.8) is 0 Å². The number of aryl methyl sites for hydroxylation is 2. The minimum absolute atomic E-state index is 0.287. The van der Waals surface area contributed by atoms with Gasteiger partial charge in [0, 0.05) is 52.0 Å². The van der Waals surface area contributed by atoms with E-state index in [1.54, 1.807) is 0 Å². The number of fused-ring (bicyclic) bond motifs is 1. The second-order valence-electron chi connectivity index (χ2n) is 7.82. The SMILES string of the molecule is CN=C(NCCN1CCc2ccccc2C1)NC(C)Cc1c(C)nn(C)c1C. The molecule has 1 aliphatic rings. The van der Waals surface area contributed by atoms with Crippen LogP contribution in [-0.2, 0) is 26.4 Å². The smallest absolute Gasteiger partial charge is 0.191 e. The maximum Gasteiger partial charge on any atom is 0.191 e. The Morgan fingerprint density at radius 3 is 2.68 bits per heavy atom. The van der Waals surface area contributed by atoms with Gasteiger partial charge in [-0.2, -0.15) is 5.10 Å². The summed E-state index contributed by atoms with van der Waals surface area (Å²) in [7, 11) is 3.84. The molecule has 0 saturated carbocycles. The highest BCUT2D eigenvalue weighted by molar-refractivity contribution is 5.79. The van der Waals surface area contributed by atoms with E-state index in [9.17, 15) is 0 Å². The third kappa shape index (κ3) is 4.93. The molecule has 6 nitrogen and oxygen atoms in total. The van der Waals surface area contributed by atoms with Crippen LogP contribution in [0.15, 0.2) is 29.3 Å². The van der Waals surface area contributed by atoms with Crippen LogP contribution in [0, 0.1) is 13.8 Å². The third-order valence-electron chi connectivity index (χ3n) is 5.71. The molecule has 1 unspecified atom stereocenters. The van der Waals surface area contributed by atoms with E-state index in [-0.39, 0.29) is 6.04 Å². The lowest BCUT2D eigenvalue weighted by Gasteiger charge is -2.29. The quantitative estimate of drug-likeness (QED) is 0.594. The summed E-state index contributed by atoms with van der Waals surface area (Å²) in [6, 6.07) is 9.07.